The zero-order valence-electron chi connectivity index (χ0n) is 7.66. The van der Waals surface area contributed by atoms with Gasteiger partial charge in [-0.25, -0.2) is 0 Å². The van der Waals surface area contributed by atoms with Crippen LogP contribution in [0.5, 0.6) is 0 Å². The van der Waals surface area contributed by atoms with Gasteiger partial charge >= 0.3 is 0 Å². The molecule has 0 aliphatic carbocycles. The minimum absolute atomic E-state index is 0. The Hall–Kier alpha value is -0.930. The van der Waals surface area contributed by atoms with E-state index in [9.17, 15) is 0 Å². The van der Waals surface area contributed by atoms with Crippen molar-refractivity contribution < 1.29 is 0 Å². The summed E-state index contributed by atoms with van der Waals surface area (Å²) < 4.78 is 0. The van der Waals surface area contributed by atoms with Gasteiger partial charge in [-0.05, 0) is 17.7 Å². The van der Waals surface area contributed by atoms with Crippen LogP contribution in [0.3, 0.4) is 0 Å². The maximum Gasteiger partial charge on any atom is 0.0706 e. The summed E-state index contributed by atoms with van der Waals surface area (Å²) in [5.41, 5.74) is 3.65. The molecule has 0 atom stereocenters. The number of aromatic nitrogens is 1. The lowest BCUT2D eigenvalue weighted by Crippen LogP contribution is -2.00. The van der Waals surface area contributed by atoms with Crippen molar-refractivity contribution in [2.24, 2.45) is 0 Å². The predicted molar refractivity (Wildman–Crippen MR) is 62.6 cm³/mol. The number of benzene rings is 1. The largest absolute Gasteiger partial charge is 0.307 e. The van der Waals surface area contributed by atoms with Crippen molar-refractivity contribution in [3.05, 3.63) is 41.6 Å². The summed E-state index contributed by atoms with van der Waals surface area (Å²) in [6.45, 7) is 1.88. The van der Waals surface area contributed by atoms with E-state index in [1.165, 1.54) is 16.6 Å². The molecule has 3 rings (SSSR count). The highest BCUT2D eigenvalue weighted by Gasteiger charge is 2.11. The normalized spacial score (nSPS) is 13.7. The number of hydrogen-bond acceptors (Lipinski definition) is 2. The Balaban J connectivity index is 0.000000750. The maximum atomic E-state index is 4.59. The summed E-state index contributed by atoms with van der Waals surface area (Å²) in [5, 5.41) is 4.54. The first-order valence-electron chi connectivity index (χ1n) is 4.52. The van der Waals surface area contributed by atoms with E-state index in [1.807, 2.05) is 6.07 Å². The first-order chi connectivity index (χ1) is 6.43. The lowest BCUT2D eigenvalue weighted by atomic mass is 10.1. The van der Waals surface area contributed by atoms with Crippen LogP contribution in [0.25, 0.3) is 10.9 Å². The Kier molecular flexibility index (Phi) is 2.52. The Bertz CT molecular complexity index is 425. The molecule has 0 amide bonds. The quantitative estimate of drug-likeness (QED) is 0.777. The number of fused-ring (bicyclic) bond motifs is 2. The van der Waals surface area contributed by atoms with Crippen LogP contribution in [-0.4, -0.2) is 4.98 Å². The molecule has 0 spiro atoms. The van der Waals surface area contributed by atoms with Gasteiger partial charge in [-0.15, -0.1) is 17.0 Å². The first-order valence-corrected chi connectivity index (χ1v) is 4.52. The van der Waals surface area contributed by atoms with E-state index < -0.39 is 0 Å². The molecule has 0 saturated carbocycles. The number of pyridine rings is 1. The number of hydrogen-bond donors (Lipinski definition) is 1. The predicted octanol–water partition coefficient (Wildman–Crippen LogP) is 2.42. The van der Waals surface area contributed by atoms with Crippen molar-refractivity contribution in [2.75, 3.05) is 0 Å². The summed E-state index contributed by atoms with van der Waals surface area (Å²) >= 11 is 0. The Labute approximate surface area is 93.1 Å². The molecule has 2 aromatic rings. The standard InChI is InChI=1S/C11H10N2.BrH/c1-2-4-10-8(3-1)5-9-6-12-7-11(9)13-10;/h1-5,12H,6-7H2;1H. The van der Waals surface area contributed by atoms with Crippen molar-refractivity contribution in [1.29, 1.82) is 0 Å². The average Bonchev–Trinajstić information content (AvgIpc) is 2.61. The Morgan fingerprint density at radius 1 is 1.14 bits per heavy atom. The number of nitrogens with one attached hydrogen (secondary N) is 1. The van der Waals surface area contributed by atoms with E-state index in [0.717, 1.165) is 18.6 Å². The highest BCUT2D eigenvalue weighted by Crippen LogP contribution is 2.19. The molecule has 3 heteroatoms. The fourth-order valence-electron chi connectivity index (χ4n) is 1.82. The summed E-state index contributed by atoms with van der Waals surface area (Å²) in [6, 6.07) is 10.5. The maximum absolute atomic E-state index is 4.59. The van der Waals surface area contributed by atoms with Gasteiger partial charge in [-0.2, -0.15) is 0 Å². The number of para-hydroxylation sites is 1. The van der Waals surface area contributed by atoms with E-state index in [1.54, 1.807) is 0 Å². The molecule has 72 valence electrons. The zero-order chi connectivity index (χ0) is 8.67. The van der Waals surface area contributed by atoms with Crippen molar-refractivity contribution in [1.82, 2.24) is 10.3 Å². The molecule has 0 saturated heterocycles. The monoisotopic (exact) mass is 250 g/mol. The summed E-state index contributed by atoms with van der Waals surface area (Å²) in [7, 11) is 0. The molecule has 2 heterocycles. The molecule has 1 aromatic carbocycles. The van der Waals surface area contributed by atoms with Crippen LogP contribution in [0.4, 0.5) is 0 Å². The van der Waals surface area contributed by atoms with Crippen LogP contribution in [0.2, 0.25) is 0 Å². The van der Waals surface area contributed by atoms with Gasteiger partial charge in [0, 0.05) is 18.5 Å². The highest BCUT2D eigenvalue weighted by atomic mass is 79.9. The smallest absolute Gasteiger partial charge is 0.0706 e. The van der Waals surface area contributed by atoms with Gasteiger partial charge in [0.25, 0.3) is 0 Å². The van der Waals surface area contributed by atoms with Gasteiger partial charge in [0.05, 0.1) is 11.2 Å². The van der Waals surface area contributed by atoms with E-state index in [0.29, 0.717) is 0 Å². The Morgan fingerprint density at radius 2 is 2.00 bits per heavy atom. The SMILES string of the molecule is Br.c1ccc2nc3c(cc2c1)CNC3. The second-order valence-electron chi connectivity index (χ2n) is 3.39. The van der Waals surface area contributed by atoms with E-state index in [-0.39, 0.29) is 17.0 Å². The first kappa shape index (κ1) is 9.62. The van der Waals surface area contributed by atoms with Crippen molar-refractivity contribution >= 4 is 27.9 Å². The van der Waals surface area contributed by atoms with E-state index in [4.69, 9.17) is 0 Å². The van der Waals surface area contributed by atoms with E-state index >= 15 is 0 Å². The minimum atomic E-state index is 0. The zero-order valence-corrected chi connectivity index (χ0v) is 9.37. The number of rotatable bonds is 0. The second kappa shape index (κ2) is 3.67. The third-order valence-electron chi connectivity index (χ3n) is 2.50. The molecular weight excluding hydrogens is 240 g/mol. The average molecular weight is 251 g/mol. The molecule has 1 aliphatic heterocycles. The van der Waals surface area contributed by atoms with Crippen molar-refractivity contribution in [3.8, 4) is 0 Å². The summed E-state index contributed by atoms with van der Waals surface area (Å²) in [4.78, 5) is 4.59. The fraction of sp³-hybridized carbons (Fsp3) is 0.182. The van der Waals surface area contributed by atoms with E-state index in [2.05, 4.69) is 34.6 Å². The van der Waals surface area contributed by atoms with Gasteiger partial charge in [-0.1, -0.05) is 18.2 Å². The second-order valence-corrected chi connectivity index (χ2v) is 3.39. The lowest BCUT2D eigenvalue weighted by molar-refractivity contribution is 0.758. The van der Waals surface area contributed by atoms with Crippen LogP contribution in [0.1, 0.15) is 11.3 Å². The third kappa shape index (κ3) is 1.42. The number of nitrogens with zero attached hydrogens (tertiary/aromatic N) is 1. The summed E-state index contributed by atoms with van der Waals surface area (Å²) in [5.74, 6) is 0. The lowest BCUT2D eigenvalue weighted by Gasteiger charge is -2.00. The van der Waals surface area contributed by atoms with Crippen LogP contribution < -0.4 is 5.32 Å². The minimum Gasteiger partial charge on any atom is -0.307 e. The van der Waals surface area contributed by atoms with Crippen LogP contribution in [0, 0.1) is 0 Å². The van der Waals surface area contributed by atoms with Gasteiger partial charge in [-0.3, -0.25) is 4.98 Å². The molecule has 1 aromatic heterocycles. The van der Waals surface area contributed by atoms with Crippen LogP contribution in [-0.2, 0) is 13.1 Å². The van der Waals surface area contributed by atoms with Gasteiger partial charge < -0.3 is 5.32 Å². The van der Waals surface area contributed by atoms with Crippen LogP contribution in [0.15, 0.2) is 30.3 Å². The van der Waals surface area contributed by atoms with Gasteiger partial charge in [0.1, 0.15) is 0 Å². The van der Waals surface area contributed by atoms with Gasteiger partial charge in [0.15, 0.2) is 0 Å². The number of halogens is 1. The molecule has 0 bridgehead atoms. The Morgan fingerprint density at radius 3 is 2.93 bits per heavy atom. The molecule has 1 aliphatic rings. The third-order valence-corrected chi connectivity index (χ3v) is 2.50. The fourth-order valence-corrected chi connectivity index (χ4v) is 1.82. The van der Waals surface area contributed by atoms with Crippen LogP contribution >= 0.6 is 17.0 Å². The molecule has 0 radical (unpaired) electrons. The molecule has 2 nitrogen and oxygen atoms in total. The van der Waals surface area contributed by atoms with Crippen molar-refractivity contribution in [2.45, 2.75) is 13.1 Å². The highest BCUT2D eigenvalue weighted by molar-refractivity contribution is 8.93. The summed E-state index contributed by atoms with van der Waals surface area (Å²) in [6.07, 6.45) is 0. The van der Waals surface area contributed by atoms with Crippen molar-refractivity contribution in [3.63, 3.8) is 0 Å². The molecule has 0 fully saturated rings. The van der Waals surface area contributed by atoms with Gasteiger partial charge in [0.2, 0.25) is 0 Å². The molecular formula is C11H11BrN2. The topological polar surface area (TPSA) is 24.9 Å². The molecule has 1 N–H and O–H groups in total. The molecule has 0 unspecified atom stereocenters. The molecule has 14 heavy (non-hydrogen) atoms.